The minimum atomic E-state index is -2.72. The van der Waals surface area contributed by atoms with Gasteiger partial charge in [0.25, 0.3) is 12.3 Å². The van der Waals surface area contributed by atoms with Crippen LogP contribution in [0.2, 0.25) is 0 Å². The molecule has 2 aliphatic rings. The molecule has 0 aromatic carbocycles. The number of carbonyl (C=O) groups is 2. The van der Waals surface area contributed by atoms with Gasteiger partial charge in [0, 0.05) is 32.2 Å². The van der Waals surface area contributed by atoms with Crippen molar-refractivity contribution in [2.24, 2.45) is 13.0 Å². The highest BCUT2D eigenvalue weighted by molar-refractivity contribution is 5.92. The van der Waals surface area contributed by atoms with Crippen LogP contribution < -0.4 is 5.32 Å². The van der Waals surface area contributed by atoms with Gasteiger partial charge in [-0.15, -0.1) is 0 Å². The first-order valence-corrected chi connectivity index (χ1v) is 8.93. The standard InChI is InChI=1S/C17H24F2N4O3/c1-22-14(7-13(21-22)16(18)19)17(26)20-8-12-5-4-11(6-15(24)25)23(12)9-10-2-3-10/h7,10-12,16H,2-6,8-9H2,1H3,(H,20,26)(H,24,25)/t11-,12+/m1/s1. The number of hydrogen-bond donors (Lipinski definition) is 2. The van der Waals surface area contributed by atoms with E-state index in [0.717, 1.165) is 30.1 Å². The Morgan fingerprint density at radius 2 is 2.00 bits per heavy atom. The van der Waals surface area contributed by atoms with Crippen LogP contribution in [0.4, 0.5) is 8.78 Å². The van der Waals surface area contributed by atoms with Crippen LogP contribution in [-0.4, -0.2) is 56.8 Å². The number of aliphatic carboxylic acids is 1. The van der Waals surface area contributed by atoms with Gasteiger partial charge in [-0.2, -0.15) is 5.10 Å². The highest BCUT2D eigenvalue weighted by Crippen LogP contribution is 2.35. The number of carboxylic acids is 1. The Kier molecular flexibility index (Phi) is 5.55. The van der Waals surface area contributed by atoms with Crippen molar-refractivity contribution >= 4 is 11.9 Å². The fourth-order valence-electron chi connectivity index (χ4n) is 3.66. The van der Waals surface area contributed by atoms with Crippen LogP contribution in [0.1, 0.15) is 54.7 Å². The van der Waals surface area contributed by atoms with Gasteiger partial charge in [-0.1, -0.05) is 0 Å². The van der Waals surface area contributed by atoms with Crippen molar-refractivity contribution in [1.29, 1.82) is 0 Å². The van der Waals surface area contributed by atoms with Gasteiger partial charge in [0.2, 0.25) is 0 Å². The van der Waals surface area contributed by atoms with Gasteiger partial charge in [-0.05, 0) is 37.7 Å². The van der Waals surface area contributed by atoms with E-state index in [1.807, 2.05) is 0 Å². The van der Waals surface area contributed by atoms with Gasteiger partial charge in [-0.3, -0.25) is 19.2 Å². The lowest BCUT2D eigenvalue weighted by molar-refractivity contribution is -0.138. The Labute approximate surface area is 150 Å². The van der Waals surface area contributed by atoms with Crippen LogP contribution in [0.5, 0.6) is 0 Å². The van der Waals surface area contributed by atoms with Gasteiger partial charge in [0.15, 0.2) is 0 Å². The van der Waals surface area contributed by atoms with Crippen molar-refractivity contribution in [3.8, 4) is 0 Å². The second-order valence-corrected chi connectivity index (χ2v) is 7.21. The highest BCUT2D eigenvalue weighted by atomic mass is 19.3. The van der Waals surface area contributed by atoms with Crippen molar-refractivity contribution < 1.29 is 23.5 Å². The number of aryl methyl sites for hydroxylation is 1. The van der Waals surface area contributed by atoms with E-state index in [-0.39, 0.29) is 24.2 Å². The molecule has 2 atom stereocenters. The minimum Gasteiger partial charge on any atom is -0.481 e. The maximum atomic E-state index is 12.7. The van der Waals surface area contributed by atoms with E-state index in [1.165, 1.54) is 19.9 Å². The number of amides is 1. The third-order valence-electron chi connectivity index (χ3n) is 5.20. The molecule has 2 N–H and O–H groups in total. The van der Waals surface area contributed by atoms with E-state index in [9.17, 15) is 18.4 Å². The molecule has 1 aliphatic carbocycles. The van der Waals surface area contributed by atoms with Crippen LogP contribution in [-0.2, 0) is 11.8 Å². The van der Waals surface area contributed by atoms with Crippen molar-refractivity contribution in [2.75, 3.05) is 13.1 Å². The van der Waals surface area contributed by atoms with Crippen molar-refractivity contribution in [3.05, 3.63) is 17.5 Å². The molecule has 0 radical (unpaired) electrons. The number of carbonyl (C=O) groups excluding carboxylic acids is 1. The van der Waals surface area contributed by atoms with Gasteiger partial charge in [0.05, 0.1) is 6.42 Å². The van der Waals surface area contributed by atoms with Gasteiger partial charge >= 0.3 is 5.97 Å². The SMILES string of the molecule is Cn1nc(C(F)F)cc1C(=O)NC[C@@H]1CC[C@H](CC(=O)O)N1CC1CC1. The Bertz CT molecular complexity index is 675. The van der Waals surface area contributed by atoms with Crippen LogP contribution >= 0.6 is 0 Å². The average molecular weight is 370 g/mol. The summed E-state index contributed by atoms with van der Waals surface area (Å²) in [5.74, 6) is -0.636. The average Bonchev–Trinajstić information content (AvgIpc) is 3.19. The quantitative estimate of drug-likeness (QED) is 0.729. The molecule has 0 spiro atoms. The minimum absolute atomic E-state index is 0.00265. The Morgan fingerprint density at radius 3 is 2.58 bits per heavy atom. The molecule has 2 fully saturated rings. The summed E-state index contributed by atoms with van der Waals surface area (Å²) in [7, 11) is 1.46. The summed E-state index contributed by atoms with van der Waals surface area (Å²) in [6.45, 7) is 1.23. The van der Waals surface area contributed by atoms with Crippen LogP contribution in [0.25, 0.3) is 0 Å². The molecule has 1 aromatic rings. The molecule has 1 saturated heterocycles. The van der Waals surface area contributed by atoms with Gasteiger partial charge in [0.1, 0.15) is 11.4 Å². The van der Waals surface area contributed by atoms with E-state index < -0.39 is 24.0 Å². The topological polar surface area (TPSA) is 87.5 Å². The molecule has 7 nitrogen and oxygen atoms in total. The second kappa shape index (κ2) is 7.69. The highest BCUT2D eigenvalue weighted by Gasteiger charge is 2.38. The lowest BCUT2D eigenvalue weighted by atomic mass is 10.1. The van der Waals surface area contributed by atoms with E-state index in [0.29, 0.717) is 12.5 Å². The van der Waals surface area contributed by atoms with Crippen LogP contribution in [0.3, 0.4) is 0 Å². The first-order valence-electron chi connectivity index (χ1n) is 8.93. The predicted octanol–water partition coefficient (Wildman–Crippen LogP) is 1.81. The number of rotatable bonds is 8. The smallest absolute Gasteiger partial charge is 0.304 e. The molecular weight excluding hydrogens is 346 g/mol. The van der Waals surface area contributed by atoms with Crippen molar-refractivity contribution in [3.63, 3.8) is 0 Å². The Morgan fingerprint density at radius 1 is 1.31 bits per heavy atom. The van der Waals surface area contributed by atoms with Gasteiger partial charge in [-0.25, -0.2) is 8.78 Å². The van der Waals surface area contributed by atoms with E-state index >= 15 is 0 Å². The first-order chi connectivity index (χ1) is 12.3. The van der Waals surface area contributed by atoms with Crippen LogP contribution in [0, 0.1) is 5.92 Å². The lowest BCUT2D eigenvalue weighted by Crippen LogP contribution is -2.45. The molecule has 1 amide bonds. The number of aromatic nitrogens is 2. The molecule has 3 rings (SSSR count). The molecule has 1 aliphatic heterocycles. The number of nitrogens with one attached hydrogen (secondary N) is 1. The maximum Gasteiger partial charge on any atom is 0.304 e. The van der Waals surface area contributed by atoms with E-state index in [1.54, 1.807) is 0 Å². The molecule has 144 valence electrons. The summed E-state index contributed by atoms with van der Waals surface area (Å²) in [4.78, 5) is 25.6. The molecule has 0 bridgehead atoms. The van der Waals surface area contributed by atoms with E-state index in [4.69, 9.17) is 5.11 Å². The second-order valence-electron chi connectivity index (χ2n) is 7.21. The summed E-state index contributed by atoms with van der Waals surface area (Å²) in [6.07, 6.45) is 1.33. The summed E-state index contributed by atoms with van der Waals surface area (Å²) < 4.78 is 26.6. The number of halogens is 2. The monoisotopic (exact) mass is 370 g/mol. The maximum absolute atomic E-state index is 12.7. The number of likely N-dealkylation sites (tertiary alicyclic amines) is 1. The Balaban J connectivity index is 1.60. The van der Waals surface area contributed by atoms with E-state index in [2.05, 4.69) is 15.3 Å². The fourth-order valence-corrected chi connectivity index (χ4v) is 3.66. The van der Waals surface area contributed by atoms with Crippen LogP contribution in [0.15, 0.2) is 6.07 Å². The Hall–Kier alpha value is -2.03. The summed E-state index contributed by atoms with van der Waals surface area (Å²) in [5, 5.41) is 15.6. The number of alkyl halides is 2. The summed E-state index contributed by atoms with van der Waals surface area (Å²) in [6, 6.07) is 1.17. The zero-order valence-electron chi connectivity index (χ0n) is 14.7. The summed E-state index contributed by atoms with van der Waals surface area (Å²) >= 11 is 0. The fraction of sp³-hybridized carbons (Fsp3) is 0.706. The normalized spacial score (nSPS) is 23.5. The lowest BCUT2D eigenvalue weighted by Gasteiger charge is -2.29. The molecule has 2 heterocycles. The predicted molar refractivity (Wildman–Crippen MR) is 89.0 cm³/mol. The van der Waals surface area contributed by atoms with Crippen molar-refractivity contribution in [2.45, 2.75) is 50.6 Å². The molecular formula is C17H24F2N4O3. The van der Waals surface area contributed by atoms with Crippen molar-refractivity contribution in [1.82, 2.24) is 20.0 Å². The molecule has 1 saturated carbocycles. The molecule has 0 unspecified atom stereocenters. The molecule has 26 heavy (non-hydrogen) atoms. The third kappa shape index (κ3) is 4.38. The third-order valence-corrected chi connectivity index (χ3v) is 5.20. The summed E-state index contributed by atoms with van der Waals surface area (Å²) in [5.41, 5.74) is -0.329. The number of hydrogen-bond acceptors (Lipinski definition) is 4. The zero-order chi connectivity index (χ0) is 18.8. The largest absolute Gasteiger partial charge is 0.481 e. The molecule has 9 heteroatoms. The number of nitrogens with zero attached hydrogens (tertiary/aromatic N) is 3. The molecule has 1 aromatic heterocycles. The number of carboxylic acid groups (broad SMARTS) is 1. The first kappa shape index (κ1) is 18.8. The zero-order valence-corrected chi connectivity index (χ0v) is 14.7. The van der Waals surface area contributed by atoms with Gasteiger partial charge < -0.3 is 10.4 Å².